The van der Waals surface area contributed by atoms with Crippen LogP contribution < -0.4 is 5.73 Å². The van der Waals surface area contributed by atoms with Gasteiger partial charge in [-0.2, -0.15) is 0 Å². The SMILES string of the molecule is NC(=O)n1ccc2nc(C(F)F)ccc21. The summed E-state index contributed by atoms with van der Waals surface area (Å²) in [6.07, 6.45) is -1.22. The van der Waals surface area contributed by atoms with Crippen molar-refractivity contribution in [2.45, 2.75) is 6.43 Å². The highest BCUT2D eigenvalue weighted by Crippen LogP contribution is 2.20. The fourth-order valence-electron chi connectivity index (χ4n) is 1.35. The van der Waals surface area contributed by atoms with E-state index in [1.807, 2.05) is 0 Å². The van der Waals surface area contributed by atoms with Crippen LogP contribution in [0.25, 0.3) is 11.0 Å². The summed E-state index contributed by atoms with van der Waals surface area (Å²) in [5.41, 5.74) is 5.50. The van der Waals surface area contributed by atoms with E-state index in [4.69, 9.17) is 5.73 Å². The standard InChI is InChI=1S/C9H7F2N3O/c10-8(11)6-1-2-7-5(13-6)3-4-14(7)9(12)15/h1-4,8H,(H2,12,15). The van der Waals surface area contributed by atoms with Gasteiger partial charge in [0.25, 0.3) is 6.43 Å². The fourth-order valence-corrected chi connectivity index (χ4v) is 1.35. The minimum absolute atomic E-state index is 0.315. The lowest BCUT2D eigenvalue weighted by Crippen LogP contribution is -2.18. The Morgan fingerprint density at radius 1 is 1.40 bits per heavy atom. The Morgan fingerprint density at radius 2 is 2.13 bits per heavy atom. The Hall–Kier alpha value is -1.98. The van der Waals surface area contributed by atoms with E-state index >= 15 is 0 Å². The van der Waals surface area contributed by atoms with Crippen LogP contribution in [-0.4, -0.2) is 15.6 Å². The highest BCUT2D eigenvalue weighted by molar-refractivity contribution is 5.88. The lowest BCUT2D eigenvalue weighted by Gasteiger charge is -2.00. The first kappa shape index (κ1) is 9.57. The van der Waals surface area contributed by atoms with Crippen molar-refractivity contribution in [1.29, 1.82) is 0 Å². The zero-order valence-corrected chi connectivity index (χ0v) is 7.52. The number of carbonyl (C=O) groups excluding carboxylic acids is 1. The van der Waals surface area contributed by atoms with E-state index in [0.29, 0.717) is 11.0 Å². The van der Waals surface area contributed by atoms with Gasteiger partial charge in [0, 0.05) is 6.20 Å². The second kappa shape index (κ2) is 3.30. The number of hydrogen-bond acceptors (Lipinski definition) is 2. The van der Waals surface area contributed by atoms with Gasteiger partial charge in [-0.05, 0) is 18.2 Å². The molecule has 6 heteroatoms. The molecule has 0 aliphatic heterocycles. The molecule has 2 aromatic rings. The van der Waals surface area contributed by atoms with E-state index in [0.717, 1.165) is 4.57 Å². The molecule has 2 N–H and O–H groups in total. The van der Waals surface area contributed by atoms with Crippen LogP contribution in [0.15, 0.2) is 24.4 Å². The Labute approximate surface area is 83.3 Å². The van der Waals surface area contributed by atoms with Crippen LogP contribution in [0.2, 0.25) is 0 Å². The lowest BCUT2D eigenvalue weighted by atomic mass is 10.3. The first-order chi connectivity index (χ1) is 7.09. The number of nitrogens with two attached hydrogens (primary N) is 1. The molecule has 15 heavy (non-hydrogen) atoms. The van der Waals surface area contributed by atoms with Crippen molar-refractivity contribution >= 4 is 17.1 Å². The minimum Gasteiger partial charge on any atom is -0.351 e. The number of fused-ring (bicyclic) bond motifs is 1. The van der Waals surface area contributed by atoms with Crippen molar-refractivity contribution in [1.82, 2.24) is 9.55 Å². The Morgan fingerprint density at radius 3 is 2.73 bits per heavy atom. The van der Waals surface area contributed by atoms with Gasteiger partial charge in [0.1, 0.15) is 5.69 Å². The summed E-state index contributed by atoms with van der Waals surface area (Å²) in [4.78, 5) is 14.6. The predicted molar refractivity (Wildman–Crippen MR) is 49.7 cm³/mol. The predicted octanol–water partition coefficient (Wildman–Crippen LogP) is 1.90. The molecule has 0 saturated heterocycles. The van der Waals surface area contributed by atoms with E-state index in [9.17, 15) is 13.6 Å². The molecule has 1 amide bonds. The second-order valence-corrected chi connectivity index (χ2v) is 2.97. The molecular weight excluding hydrogens is 204 g/mol. The highest BCUT2D eigenvalue weighted by Gasteiger charge is 2.11. The largest absolute Gasteiger partial charge is 0.351 e. The maximum atomic E-state index is 12.3. The van der Waals surface area contributed by atoms with Gasteiger partial charge in [-0.3, -0.25) is 4.57 Å². The first-order valence-corrected chi connectivity index (χ1v) is 4.15. The first-order valence-electron chi connectivity index (χ1n) is 4.15. The molecule has 0 saturated carbocycles. The van der Waals surface area contributed by atoms with Crippen LogP contribution >= 0.6 is 0 Å². The zero-order valence-electron chi connectivity index (χ0n) is 7.52. The number of amides is 1. The molecular formula is C9H7F2N3O. The maximum absolute atomic E-state index is 12.3. The third-order valence-corrected chi connectivity index (χ3v) is 2.03. The van der Waals surface area contributed by atoms with Gasteiger partial charge in [0.2, 0.25) is 0 Å². The van der Waals surface area contributed by atoms with Crippen LogP contribution in [0, 0.1) is 0 Å². The molecule has 0 fully saturated rings. The summed E-state index contributed by atoms with van der Waals surface area (Å²) in [5, 5.41) is 0. The average Bonchev–Trinajstić information content (AvgIpc) is 2.59. The van der Waals surface area contributed by atoms with E-state index in [1.54, 1.807) is 0 Å². The second-order valence-electron chi connectivity index (χ2n) is 2.97. The molecule has 78 valence electrons. The summed E-state index contributed by atoms with van der Waals surface area (Å²) >= 11 is 0. The van der Waals surface area contributed by atoms with Gasteiger partial charge in [0.15, 0.2) is 0 Å². The number of carbonyl (C=O) groups is 1. The molecule has 4 nitrogen and oxygen atoms in total. The number of halogens is 2. The van der Waals surface area contributed by atoms with Crippen LogP contribution in [0.5, 0.6) is 0 Å². The van der Waals surface area contributed by atoms with E-state index in [2.05, 4.69) is 4.98 Å². The van der Waals surface area contributed by atoms with Crippen molar-refractivity contribution < 1.29 is 13.6 Å². The summed E-state index contributed by atoms with van der Waals surface area (Å²) in [5.74, 6) is 0. The number of alkyl halides is 2. The average molecular weight is 211 g/mol. The van der Waals surface area contributed by atoms with Crippen LogP contribution in [0.3, 0.4) is 0 Å². The molecule has 0 aliphatic rings. The number of nitrogens with zero attached hydrogens (tertiary/aromatic N) is 2. The van der Waals surface area contributed by atoms with Crippen molar-refractivity contribution in [3.8, 4) is 0 Å². The molecule has 0 radical (unpaired) electrons. The maximum Gasteiger partial charge on any atom is 0.323 e. The molecule has 2 aromatic heterocycles. The molecule has 0 aliphatic carbocycles. The third-order valence-electron chi connectivity index (χ3n) is 2.03. The number of pyridine rings is 1. The van der Waals surface area contributed by atoms with Gasteiger partial charge in [0.05, 0.1) is 11.0 Å². The molecule has 2 heterocycles. The zero-order chi connectivity index (χ0) is 11.0. The number of aromatic nitrogens is 2. The van der Waals surface area contributed by atoms with Gasteiger partial charge in [-0.1, -0.05) is 0 Å². The van der Waals surface area contributed by atoms with Crippen molar-refractivity contribution in [3.05, 3.63) is 30.1 Å². The van der Waals surface area contributed by atoms with E-state index in [-0.39, 0.29) is 5.69 Å². The van der Waals surface area contributed by atoms with Crippen molar-refractivity contribution in [2.75, 3.05) is 0 Å². The molecule has 0 spiro atoms. The monoisotopic (exact) mass is 211 g/mol. The fraction of sp³-hybridized carbons (Fsp3) is 0.111. The van der Waals surface area contributed by atoms with Crippen LogP contribution in [0.1, 0.15) is 12.1 Å². The summed E-state index contributed by atoms with van der Waals surface area (Å²) in [7, 11) is 0. The van der Waals surface area contributed by atoms with Gasteiger partial charge in [-0.25, -0.2) is 18.6 Å². The minimum atomic E-state index is -2.62. The topological polar surface area (TPSA) is 60.9 Å². The number of rotatable bonds is 1. The van der Waals surface area contributed by atoms with Crippen molar-refractivity contribution in [2.24, 2.45) is 5.73 Å². The summed E-state index contributed by atoms with van der Waals surface area (Å²) < 4.78 is 25.7. The smallest absolute Gasteiger partial charge is 0.323 e. The molecule has 2 rings (SSSR count). The number of hydrogen-bond donors (Lipinski definition) is 1. The van der Waals surface area contributed by atoms with Gasteiger partial charge >= 0.3 is 6.03 Å². The van der Waals surface area contributed by atoms with Crippen LogP contribution in [0.4, 0.5) is 13.6 Å². The van der Waals surface area contributed by atoms with E-state index < -0.39 is 12.5 Å². The van der Waals surface area contributed by atoms with Crippen molar-refractivity contribution in [3.63, 3.8) is 0 Å². The van der Waals surface area contributed by atoms with Gasteiger partial charge in [-0.15, -0.1) is 0 Å². The summed E-state index contributed by atoms with van der Waals surface area (Å²) in [6.45, 7) is 0. The Bertz CT molecular complexity index is 521. The Kier molecular flexibility index (Phi) is 2.11. The molecule has 0 atom stereocenters. The molecule has 0 unspecified atom stereocenters. The summed E-state index contributed by atoms with van der Waals surface area (Å²) in [6, 6.07) is 3.36. The normalized spacial score (nSPS) is 11.1. The highest BCUT2D eigenvalue weighted by atomic mass is 19.3. The van der Waals surface area contributed by atoms with E-state index in [1.165, 1.54) is 24.4 Å². The van der Waals surface area contributed by atoms with Crippen LogP contribution in [-0.2, 0) is 0 Å². The lowest BCUT2D eigenvalue weighted by molar-refractivity contribution is 0.146. The quantitative estimate of drug-likeness (QED) is 0.783. The molecule has 0 aromatic carbocycles. The Balaban J connectivity index is 2.61. The van der Waals surface area contributed by atoms with Gasteiger partial charge < -0.3 is 5.73 Å². The third kappa shape index (κ3) is 1.54. The number of primary amides is 1. The molecule has 0 bridgehead atoms.